The molecule has 0 aromatic rings. The molecule has 4 nitrogen and oxygen atoms in total. The maximum absolute atomic E-state index is 11.8. The summed E-state index contributed by atoms with van der Waals surface area (Å²) < 4.78 is 0. The second kappa shape index (κ2) is 6.35. The minimum atomic E-state index is -0.719. The van der Waals surface area contributed by atoms with Gasteiger partial charge in [-0.15, -0.1) is 11.8 Å². The van der Waals surface area contributed by atoms with Crippen LogP contribution in [0.2, 0.25) is 0 Å². The number of aliphatic hydroxyl groups excluding tert-OH is 2. The van der Waals surface area contributed by atoms with Gasteiger partial charge >= 0.3 is 0 Å². The van der Waals surface area contributed by atoms with Crippen LogP contribution in [0.5, 0.6) is 0 Å². The van der Waals surface area contributed by atoms with E-state index in [0.29, 0.717) is 5.75 Å². The first kappa shape index (κ1) is 12.8. The van der Waals surface area contributed by atoms with E-state index in [1.54, 1.807) is 0 Å². The number of likely N-dealkylation sites (tertiary alicyclic amines) is 1. The van der Waals surface area contributed by atoms with E-state index in [-0.39, 0.29) is 17.8 Å². The zero-order chi connectivity index (χ0) is 11.3. The number of carbonyl (C=O) groups excluding carboxylic acids is 1. The number of thioether (sulfide) groups is 1. The molecule has 0 aromatic heterocycles. The summed E-state index contributed by atoms with van der Waals surface area (Å²) in [4.78, 5) is 13.7. The van der Waals surface area contributed by atoms with Gasteiger partial charge in [-0.25, -0.2) is 0 Å². The Morgan fingerprint density at radius 3 is 2.60 bits per heavy atom. The molecule has 1 aliphatic heterocycles. The largest absolute Gasteiger partial charge is 0.394 e. The summed E-state index contributed by atoms with van der Waals surface area (Å²) in [6, 6.07) is 0. The van der Waals surface area contributed by atoms with Gasteiger partial charge in [0.05, 0.1) is 18.0 Å². The average molecular weight is 233 g/mol. The van der Waals surface area contributed by atoms with E-state index in [1.807, 2.05) is 11.8 Å². The van der Waals surface area contributed by atoms with Gasteiger partial charge in [0.15, 0.2) is 0 Å². The number of hydrogen-bond donors (Lipinski definition) is 2. The zero-order valence-electron chi connectivity index (χ0n) is 9.06. The van der Waals surface area contributed by atoms with Crippen LogP contribution in [0.1, 0.15) is 19.8 Å². The van der Waals surface area contributed by atoms with Gasteiger partial charge in [-0.3, -0.25) is 4.79 Å². The fourth-order valence-electron chi connectivity index (χ4n) is 1.57. The van der Waals surface area contributed by atoms with Gasteiger partial charge in [-0.2, -0.15) is 0 Å². The molecule has 1 aliphatic rings. The van der Waals surface area contributed by atoms with Crippen LogP contribution in [0.3, 0.4) is 0 Å². The second-order valence-corrected chi connectivity index (χ2v) is 5.22. The maximum Gasteiger partial charge on any atom is 0.235 e. The van der Waals surface area contributed by atoms with Gasteiger partial charge in [0.1, 0.15) is 0 Å². The Kier molecular flexibility index (Phi) is 5.42. The molecule has 2 N–H and O–H groups in total. The summed E-state index contributed by atoms with van der Waals surface area (Å²) in [6.07, 6.45) is 1.48. The van der Waals surface area contributed by atoms with Gasteiger partial charge in [0.25, 0.3) is 0 Å². The lowest BCUT2D eigenvalue weighted by Crippen LogP contribution is -2.34. The predicted molar refractivity (Wildman–Crippen MR) is 60.8 cm³/mol. The topological polar surface area (TPSA) is 60.8 Å². The third-order valence-electron chi connectivity index (χ3n) is 2.51. The first-order valence-corrected chi connectivity index (χ1v) is 6.39. The molecule has 0 bridgehead atoms. The van der Waals surface area contributed by atoms with E-state index in [4.69, 9.17) is 10.2 Å². The van der Waals surface area contributed by atoms with E-state index in [9.17, 15) is 4.79 Å². The van der Waals surface area contributed by atoms with Crippen LogP contribution in [0.4, 0.5) is 0 Å². The molecule has 88 valence electrons. The lowest BCUT2D eigenvalue weighted by atomic mass is 10.4. The smallest absolute Gasteiger partial charge is 0.235 e. The van der Waals surface area contributed by atoms with E-state index >= 15 is 0 Å². The number of carbonyl (C=O) groups is 1. The molecule has 0 radical (unpaired) electrons. The highest BCUT2D eigenvalue weighted by molar-refractivity contribution is 8.00. The molecule has 1 heterocycles. The molecule has 0 saturated carbocycles. The van der Waals surface area contributed by atoms with Crippen molar-refractivity contribution >= 4 is 17.7 Å². The van der Waals surface area contributed by atoms with E-state index in [2.05, 4.69) is 0 Å². The Hall–Kier alpha value is -0.260. The van der Waals surface area contributed by atoms with Gasteiger partial charge < -0.3 is 15.1 Å². The SMILES string of the molecule is CC(SCC(O)CO)C(=O)N1CCCC1. The van der Waals surface area contributed by atoms with E-state index in [0.717, 1.165) is 25.9 Å². The van der Waals surface area contributed by atoms with Crippen molar-refractivity contribution in [3.8, 4) is 0 Å². The molecule has 15 heavy (non-hydrogen) atoms. The molecule has 0 aromatic carbocycles. The molecule has 1 fully saturated rings. The van der Waals surface area contributed by atoms with Crippen molar-refractivity contribution in [2.75, 3.05) is 25.4 Å². The quantitative estimate of drug-likeness (QED) is 0.706. The van der Waals surface area contributed by atoms with Crippen molar-refractivity contribution < 1.29 is 15.0 Å². The van der Waals surface area contributed by atoms with Gasteiger partial charge in [-0.05, 0) is 19.8 Å². The number of rotatable bonds is 5. The first-order valence-electron chi connectivity index (χ1n) is 5.34. The monoisotopic (exact) mass is 233 g/mol. The van der Waals surface area contributed by atoms with Crippen molar-refractivity contribution in [2.24, 2.45) is 0 Å². The van der Waals surface area contributed by atoms with Crippen molar-refractivity contribution in [1.29, 1.82) is 0 Å². The third kappa shape index (κ3) is 4.01. The lowest BCUT2D eigenvalue weighted by Gasteiger charge is -2.20. The average Bonchev–Trinajstić information content (AvgIpc) is 2.77. The number of amides is 1. The van der Waals surface area contributed by atoms with E-state index in [1.165, 1.54) is 11.8 Å². The normalized spacial score (nSPS) is 20.3. The van der Waals surface area contributed by atoms with Crippen LogP contribution in [-0.2, 0) is 4.79 Å². The fraction of sp³-hybridized carbons (Fsp3) is 0.900. The van der Waals surface area contributed by atoms with Crippen LogP contribution in [0.25, 0.3) is 0 Å². The zero-order valence-corrected chi connectivity index (χ0v) is 9.87. The maximum atomic E-state index is 11.8. The highest BCUT2D eigenvalue weighted by Crippen LogP contribution is 2.17. The summed E-state index contributed by atoms with van der Waals surface area (Å²) in [5, 5.41) is 17.7. The summed E-state index contributed by atoms with van der Waals surface area (Å²) in [6.45, 7) is 3.35. The number of hydrogen-bond acceptors (Lipinski definition) is 4. The molecule has 1 rings (SSSR count). The Morgan fingerprint density at radius 1 is 1.47 bits per heavy atom. The highest BCUT2D eigenvalue weighted by atomic mass is 32.2. The Labute approximate surface area is 94.7 Å². The standard InChI is InChI=1S/C10H19NO3S/c1-8(15-7-9(13)6-12)10(14)11-4-2-3-5-11/h8-9,12-13H,2-7H2,1H3. The minimum Gasteiger partial charge on any atom is -0.394 e. The van der Waals surface area contributed by atoms with Crippen LogP contribution >= 0.6 is 11.8 Å². The fourth-order valence-corrected chi connectivity index (χ4v) is 2.48. The van der Waals surface area contributed by atoms with Crippen molar-refractivity contribution in [3.05, 3.63) is 0 Å². The van der Waals surface area contributed by atoms with E-state index < -0.39 is 6.10 Å². The minimum absolute atomic E-state index is 0.121. The summed E-state index contributed by atoms with van der Waals surface area (Å²) in [7, 11) is 0. The van der Waals surface area contributed by atoms with Crippen molar-refractivity contribution in [3.63, 3.8) is 0 Å². The highest BCUT2D eigenvalue weighted by Gasteiger charge is 2.23. The first-order chi connectivity index (χ1) is 7.15. The molecule has 0 aliphatic carbocycles. The summed E-state index contributed by atoms with van der Waals surface area (Å²) in [5.74, 6) is 0.569. The van der Waals surface area contributed by atoms with Gasteiger partial charge in [-0.1, -0.05) is 0 Å². The molecule has 2 atom stereocenters. The molecule has 5 heteroatoms. The van der Waals surface area contributed by atoms with Crippen molar-refractivity contribution in [2.45, 2.75) is 31.1 Å². The molecule has 1 amide bonds. The summed E-state index contributed by atoms with van der Waals surface area (Å²) >= 11 is 1.40. The Balaban J connectivity index is 2.26. The molecule has 0 spiro atoms. The lowest BCUT2D eigenvalue weighted by molar-refractivity contribution is -0.129. The van der Waals surface area contributed by atoms with Crippen molar-refractivity contribution in [1.82, 2.24) is 4.90 Å². The van der Waals surface area contributed by atoms with Crippen LogP contribution in [0, 0.1) is 0 Å². The van der Waals surface area contributed by atoms with Gasteiger partial charge in [0, 0.05) is 18.8 Å². The molecule has 2 unspecified atom stereocenters. The third-order valence-corrected chi connectivity index (χ3v) is 3.79. The molecular formula is C10H19NO3S. The molecular weight excluding hydrogens is 214 g/mol. The Bertz CT molecular complexity index is 207. The van der Waals surface area contributed by atoms with Crippen LogP contribution in [-0.4, -0.2) is 57.8 Å². The number of nitrogens with zero attached hydrogens (tertiary/aromatic N) is 1. The second-order valence-electron chi connectivity index (χ2n) is 3.84. The van der Waals surface area contributed by atoms with Gasteiger partial charge in [0.2, 0.25) is 5.91 Å². The predicted octanol–water partition coefficient (Wildman–Crippen LogP) is 0.0837. The summed E-state index contributed by atoms with van der Waals surface area (Å²) in [5.41, 5.74) is 0. The van der Waals surface area contributed by atoms with Crippen LogP contribution in [0.15, 0.2) is 0 Å². The van der Waals surface area contributed by atoms with Crippen LogP contribution < -0.4 is 0 Å². The molecule has 1 saturated heterocycles. The Morgan fingerprint density at radius 2 is 2.07 bits per heavy atom. The number of aliphatic hydroxyl groups is 2.